The SMILES string of the molecule is CC(CO)CN(Cc1ccccc1)CC1CC1. The molecule has 94 valence electrons. The van der Waals surface area contributed by atoms with E-state index in [-0.39, 0.29) is 6.61 Å². The maximum Gasteiger partial charge on any atom is 0.0468 e. The second-order valence-corrected chi connectivity index (χ2v) is 5.41. The van der Waals surface area contributed by atoms with Gasteiger partial charge in [0.15, 0.2) is 0 Å². The predicted molar refractivity (Wildman–Crippen MR) is 70.7 cm³/mol. The van der Waals surface area contributed by atoms with E-state index in [1.165, 1.54) is 24.9 Å². The van der Waals surface area contributed by atoms with Gasteiger partial charge in [-0.3, -0.25) is 4.90 Å². The average Bonchev–Trinajstić information content (AvgIpc) is 3.14. The highest BCUT2D eigenvalue weighted by Crippen LogP contribution is 2.30. The van der Waals surface area contributed by atoms with Gasteiger partial charge >= 0.3 is 0 Å². The normalized spacial score (nSPS) is 17.4. The molecule has 1 aliphatic rings. The van der Waals surface area contributed by atoms with Crippen LogP contribution in [0.4, 0.5) is 0 Å². The largest absolute Gasteiger partial charge is 0.396 e. The molecular formula is C15H23NO. The lowest BCUT2D eigenvalue weighted by atomic mass is 10.1. The van der Waals surface area contributed by atoms with Crippen molar-refractivity contribution in [2.24, 2.45) is 11.8 Å². The van der Waals surface area contributed by atoms with E-state index in [1.807, 2.05) is 0 Å². The summed E-state index contributed by atoms with van der Waals surface area (Å²) in [5.74, 6) is 1.28. The fraction of sp³-hybridized carbons (Fsp3) is 0.600. The van der Waals surface area contributed by atoms with Gasteiger partial charge in [-0.05, 0) is 30.2 Å². The molecule has 1 aromatic rings. The first-order valence-electron chi connectivity index (χ1n) is 6.65. The van der Waals surface area contributed by atoms with Gasteiger partial charge in [-0.1, -0.05) is 37.3 Å². The number of rotatable bonds is 7. The molecule has 2 heteroatoms. The van der Waals surface area contributed by atoms with Crippen LogP contribution in [0.3, 0.4) is 0 Å². The molecule has 0 amide bonds. The lowest BCUT2D eigenvalue weighted by Crippen LogP contribution is -2.31. The summed E-state index contributed by atoms with van der Waals surface area (Å²) in [4.78, 5) is 2.49. The van der Waals surface area contributed by atoms with E-state index in [4.69, 9.17) is 0 Å². The van der Waals surface area contributed by atoms with Crippen LogP contribution in [0.15, 0.2) is 30.3 Å². The average molecular weight is 233 g/mol. The Hall–Kier alpha value is -0.860. The van der Waals surface area contributed by atoms with Gasteiger partial charge in [0.2, 0.25) is 0 Å². The summed E-state index contributed by atoms with van der Waals surface area (Å²) in [6.07, 6.45) is 2.78. The highest BCUT2D eigenvalue weighted by molar-refractivity contribution is 5.14. The minimum Gasteiger partial charge on any atom is -0.396 e. The number of benzene rings is 1. The van der Waals surface area contributed by atoms with Crippen molar-refractivity contribution in [3.8, 4) is 0 Å². The molecule has 1 N–H and O–H groups in total. The van der Waals surface area contributed by atoms with Crippen molar-refractivity contribution in [1.29, 1.82) is 0 Å². The van der Waals surface area contributed by atoms with Crippen LogP contribution in [0.5, 0.6) is 0 Å². The molecule has 0 heterocycles. The van der Waals surface area contributed by atoms with Gasteiger partial charge in [-0.2, -0.15) is 0 Å². The molecule has 1 unspecified atom stereocenters. The van der Waals surface area contributed by atoms with Crippen LogP contribution in [-0.2, 0) is 6.54 Å². The Morgan fingerprint density at radius 3 is 2.59 bits per heavy atom. The van der Waals surface area contributed by atoms with Crippen molar-refractivity contribution < 1.29 is 5.11 Å². The van der Waals surface area contributed by atoms with Crippen molar-refractivity contribution in [2.45, 2.75) is 26.3 Å². The van der Waals surface area contributed by atoms with Crippen LogP contribution in [0.2, 0.25) is 0 Å². The number of aliphatic hydroxyl groups is 1. The molecule has 0 aromatic heterocycles. The summed E-state index contributed by atoms with van der Waals surface area (Å²) in [7, 11) is 0. The van der Waals surface area contributed by atoms with Gasteiger partial charge in [-0.25, -0.2) is 0 Å². The van der Waals surface area contributed by atoms with Gasteiger partial charge in [0.25, 0.3) is 0 Å². The third-order valence-electron chi connectivity index (χ3n) is 3.34. The molecule has 2 rings (SSSR count). The first kappa shape index (κ1) is 12.6. The lowest BCUT2D eigenvalue weighted by molar-refractivity contribution is 0.164. The zero-order valence-electron chi connectivity index (χ0n) is 10.7. The van der Waals surface area contributed by atoms with E-state index < -0.39 is 0 Å². The highest BCUT2D eigenvalue weighted by Gasteiger charge is 2.24. The maximum absolute atomic E-state index is 9.17. The van der Waals surface area contributed by atoms with E-state index in [9.17, 15) is 5.11 Å². The summed E-state index contributed by atoms with van der Waals surface area (Å²) < 4.78 is 0. The predicted octanol–water partition coefficient (Wildman–Crippen LogP) is 2.53. The Bertz CT molecular complexity index is 321. The fourth-order valence-corrected chi connectivity index (χ4v) is 2.21. The van der Waals surface area contributed by atoms with Crippen LogP contribution in [0.1, 0.15) is 25.3 Å². The van der Waals surface area contributed by atoms with E-state index in [0.717, 1.165) is 19.0 Å². The minimum atomic E-state index is 0.288. The molecule has 1 aliphatic carbocycles. The van der Waals surface area contributed by atoms with Crippen LogP contribution in [0.25, 0.3) is 0 Å². The van der Waals surface area contributed by atoms with Crippen molar-refractivity contribution in [3.05, 3.63) is 35.9 Å². The van der Waals surface area contributed by atoms with E-state index in [0.29, 0.717) is 5.92 Å². The third kappa shape index (κ3) is 4.49. The van der Waals surface area contributed by atoms with Gasteiger partial charge < -0.3 is 5.11 Å². The summed E-state index contributed by atoms with van der Waals surface area (Å²) >= 11 is 0. The molecule has 1 fully saturated rings. The van der Waals surface area contributed by atoms with Crippen LogP contribution < -0.4 is 0 Å². The summed E-state index contributed by atoms with van der Waals surface area (Å²) in [6, 6.07) is 10.6. The van der Waals surface area contributed by atoms with Crippen LogP contribution in [0, 0.1) is 11.8 Å². The number of nitrogens with zero attached hydrogens (tertiary/aromatic N) is 1. The molecule has 0 aliphatic heterocycles. The smallest absolute Gasteiger partial charge is 0.0468 e. The molecule has 17 heavy (non-hydrogen) atoms. The van der Waals surface area contributed by atoms with Crippen molar-refractivity contribution >= 4 is 0 Å². The Kier molecular flexibility index (Phi) is 4.57. The lowest BCUT2D eigenvalue weighted by Gasteiger charge is -2.25. The summed E-state index contributed by atoms with van der Waals surface area (Å²) in [6.45, 7) is 5.61. The molecule has 0 radical (unpaired) electrons. The topological polar surface area (TPSA) is 23.5 Å². The molecule has 0 bridgehead atoms. The standard InChI is InChI=1S/C15H23NO/c1-13(12-17)9-16(11-15-7-8-15)10-14-5-3-2-4-6-14/h2-6,13,15,17H,7-12H2,1H3. The van der Waals surface area contributed by atoms with E-state index in [1.54, 1.807) is 0 Å². The van der Waals surface area contributed by atoms with Gasteiger partial charge in [0.1, 0.15) is 0 Å². The number of aliphatic hydroxyl groups excluding tert-OH is 1. The second-order valence-electron chi connectivity index (χ2n) is 5.41. The van der Waals surface area contributed by atoms with Crippen LogP contribution in [-0.4, -0.2) is 29.7 Å². The molecule has 0 saturated heterocycles. The molecule has 1 saturated carbocycles. The Morgan fingerprint density at radius 2 is 2.00 bits per heavy atom. The summed E-state index contributed by atoms with van der Waals surface area (Å²) in [5, 5.41) is 9.17. The Morgan fingerprint density at radius 1 is 1.29 bits per heavy atom. The summed E-state index contributed by atoms with van der Waals surface area (Å²) in [5.41, 5.74) is 1.37. The van der Waals surface area contributed by atoms with Crippen molar-refractivity contribution in [3.63, 3.8) is 0 Å². The quantitative estimate of drug-likeness (QED) is 0.782. The third-order valence-corrected chi connectivity index (χ3v) is 3.34. The van der Waals surface area contributed by atoms with E-state index in [2.05, 4.69) is 42.2 Å². The monoisotopic (exact) mass is 233 g/mol. The first-order valence-corrected chi connectivity index (χ1v) is 6.65. The molecular weight excluding hydrogens is 210 g/mol. The molecule has 0 spiro atoms. The zero-order valence-corrected chi connectivity index (χ0v) is 10.7. The highest BCUT2D eigenvalue weighted by atomic mass is 16.3. The molecule has 2 nitrogen and oxygen atoms in total. The Labute approximate surface area is 104 Å². The maximum atomic E-state index is 9.17. The fourth-order valence-electron chi connectivity index (χ4n) is 2.21. The van der Waals surface area contributed by atoms with Gasteiger partial charge in [0.05, 0.1) is 0 Å². The minimum absolute atomic E-state index is 0.288. The number of hydrogen-bond acceptors (Lipinski definition) is 2. The first-order chi connectivity index (χ1) is 8.28. The van der Waals surface area contributed by atoms with Crippen molar-refractivity contribution in [1.82, 2.24) is 4.90 Å². The van der Waals surface area contributed by atoms with Crippen molar-refractivity contribution in [2.75, 3.05) is 19.7 Å². The number of hydrogen-bond donors (Lipinski definition) is 1. The second kappa shape index (κ2) is 6.18. The Balaban J connectivity index is 1.89. The molecule has 1 aromatic carbocycles. The zero-order chi connectivity index (χ0) is 12.1. The van der Waals surface area contributed by atoms with Crippen LogP contribution >= 0.6 is 0 Å². The van der Waals surface area contributed by atoms with Gasteiger partial charge in [0, 0.05) is 26.2 Å². The van der Waals surface area contributed by atoms with E-state index >= 15 is 0 Å². The van der Waals surface area contributed by atoms with Gasteiger partial charge in [-0.15, -0.1) is 0 Å². The molecule has 1 atom stereocenters.